The molecule has 1 N–H and O–H groups in total. The molecule has 5 nitrogen and oxygen atoms in total. The Morgan fingerprint density at radius 1 is 1.40 bits per heavy atom. The van der Waals surface area contributed by atoms with Gasteiger partial charge in [-0.1, -0.05) is 0 Å². The summed E-state index contributed by atoms with van der Waals surface area (Å²) in [6.07, 6.45) is 5.91. The molecule has 2 fully saturated rings. The SMILES string of the molecule is CC(C(=O)N1CCC2(CCNC2)C1)n1cccn1.Cl.Cl. The fourth-order valence-corrected chi connectivity index (χ4v) is 3.15. The smallest absolute Gasteiger partial charge is 0.247 e. The lowest BCUT2D eigenvalue weighted by Gasteiger charge is -2.24. The Kier molecular flexibility index (Phi) is 5.86. The molecule has 20 heavy (non-hydrogen) atoms. The quantitative estimate of drug-likeness (QED) is 0.898. The Balaban J connectivity index is 0.000001000. The highest BCUT2D eigenvalue weighted by Crippen LogP contribution is 2.36. The molecule has 2 aliphatic rings. The molecule has 1 aromatic rings. The van der Waals surface area contributed by atoms with E-state index < -0.39 is 0 Å². The van der Waals surface area contributed by atoms with E-state index in [1.165, 1.54) is 6.42 Å². The van der Waals surface area contributed by atoms with E-state index in [1.807, 2.05) is 24.1 Å². The fraction of sp³-hybridized carbons (Fsp3) is 0.692. The summed E-state index contributed by atoms with van der Waals surface area (Å²) >= 11 is 0. The molecule has 0 bridgehead atoms. The molecular formula is C13H22Cl2N4O. The number of rotatable bonds is 2. The molecule has 0 aromatic carbocycles. The summed E-state index contributed by atoms with van der Waals surface area (Å²) < 4.78 is 1.74. The lowest BCUT2D eigenvalue weighted by molar-refractivity contribution is -0.133. The minimum Gasteiger partial charge on any atom is -0.340 e. The molecule has 2 atom stereocenters. The Labute approximate surface area is 131 Å². The van der Waals surface area contributed by atoms with Gasteiger partial charge in [-0.2, -0.15) is 5.10 Å². The summed E-state index contributed by atoms with van der Waals surface area (Å²) in [5, 5.41) is 7.57. The van der Waals surface area contributed by atoms with Crippen LogP contribution in [0.1, 0.15) is 25.8 Å². The highest BCUT2D eigenvalue weighted by Gasteiger charge is 2.42. The molecule has 2 unspecified atom stereocenters. The predicted octanol–water partition coefficient (Wildman–Crippen LogP) is 1.50. The lowest BCUT2D eigenvalue weighted by atomic mass is 9.86. The van der Waals surface area contributed by atoms with Crippen LogP contribution in [-0.4, -0.2) is 46.8 Å². The van der Waals surface area contributed by atoms with E-state index in [4.69, 9.17) is 0 Å². The van der Waals surface area contributed by atoms with Gasteiger partial charge in [-0.25, -0.2) is 0 Å². The summed E-state index contributed by atoms with van der Waals surface area (Å²) in [4.78, 5) is 14.4. The second-order valence-corrected chi connectivity index (χ2v) is 5.60. The van der Waals surface area contributed by atoms with Gasteiger partial charge >= 0.3 is 0 Å². The van der Waals surface area contributed by atoms with Crippen LogP contribution >= 0.6 is 24.8 Å². The van der Waals surface area contributed by atoms with Gasteiger partial charge in [-0.05, 0) is 32.4 Å². The van der Waals surface area contributed by atoms with Crippen molar-refractivity contribution < 1.29 is 4.79 Å². The number of hydrogen-bond donors (Lipinski definition) is 1. The Morgan fingerprint density at radius 3 is 2.80 bits per heavy atom. The predicted molar refractivity (Wildman–Crippen MR) is 82.6 cm³/mol. The zero-order valence-corrected chi connectivity index (χ0v) is 13.3. The van der Waals surface area contributed by atoms with Gasteiger partial charge < -0.3 is 10.2 Å². The Bertz CT molecular complexity index is 432. The molecular weight excluding hydrogens is 299 g/mol. The molecule has 2 aliphatic heterocycles. The van der Waals surface area contributed by atoms with Crippen molar-refractivity contribution in [1.29, 1.82) is 0 Å². The first-order valence-electron chi connectivity index (χ1n) is 6.69. The van der Waals surface area contributed by atoms with Gasteiger partial charge in [0.05, 0.1) is 0 Å². The maximum Gasteiger partial charge on any atom is 0.247 e. The number of halogens is 2. The van der Waals surface area contributed by atoms with Crippen molar-refractivity contribution in [2.45, 2.75) is 25.8 Å². The molecule has 3 rings (SSSR count). The van der Waals surface area contributed by atoms with Crippen LogP contribution in [0.2, 0.25) is 0 Å². The van der Waals surface area contributed by atoms with Crippen LogP contribution in [0.3, 0.4) is 0 Å². The minimum atomic E-state index is -0.190. The number of aromatic nitrogens is 2. The second-order valence-electron chi connectivity index (χ2n) is 5.60. The average molecular weight is 321 g/mol. The zero-order valence-electron chi connectivity index (χ0n) is 11.6. The lowest BCUT2D eigenvalue weighted by Crippen LogP contribution is -2.37. The fourth-order valence-electron chi connectivity index (χ4n) is 3.15. The van der Waals surface area contributed by atoms with Crippen molar-refractivity contribution in [1.82, 2.24) is 20.0 Å². The van der Waals surface area contributed by atoms with Crippen LogP contribution in [0, 0.1) is 5.41 Å². The van der Waals surface area contributed by atoms with Gasteiger partial charge in [0.2, 0.25) is 5.91 Å². The Hall–Kier alpha value is -0.780. The topological polar surface area (TPSA) is 50.2 Å². The third kappa shape index (κ3) is 3.10. The van der Waals surface area contributed by atoms with Crippen molar-refractivity contribution >= 4 is 30.7 Å². The van der Waals surface area contributed by atoms with Gasteiger partial charge in [0, 0.05) is 37.4 Å². The average Bonchev–Trinajstić information content (AvgIpc) is 3.10. The highest BCUT2D eigenvalue weighted by atomic mass is 35.5. The summed E-state index contributed by atoms with van der Waals surface area (Å²) in [7, 11) is 0. The van der Waals surface area contributed by atoms with E-state index in [-0.39, 0.29) is 36.8 Å². The van der Waals surface area contributed by atoms with E-state index >= 15 is 0 Å². The zero-order chi connectivity index (χ0) is 12.6. The van der Waals surface area contributed by atoms with Gasteiger partial charge in [-0.15, -0.1) is 24.8 Å². The third-order valence-corrected chi connectivity index (χ3v) is 4.36. The van der Waals surface area contributed by atoms with Gasteiger partial charge in [0.15, 0.2) is 0 Å². The van der Waals surface area contributed by atoms with Gasteiger partial charge in [-0.3, -0.25) is 9.48 Å². The largest absolute Gasteiger partial charge is 0.340 e. The van der Waals surface area contributed by atoms with Crippen LogP contribution in [0.15, 0.2) is 18.5 Å². The molecule has 2 saturated heterocycles. The van der Waals surface area contributed by atoms with Crippen molar-refractivity contribution in [2.75, 3.05) is 26.2 Å². The maximum atomic E-state index is 12.4. The number of hydrogen-bond acceptors (Lipinski definition) is 3. The summed E-state index contributed by atoms with van der Waals surface area (Å²) in [6.45, 7) is 5.88. The molecule has 0 saturated carbocycles. The standard InChI is InChI=1S/C13H20N4O.2ClH/c1-11(17-7-2-5-15-17)12(18)16-8-4-13(10-16)3-6-14-9-13;;/h2,5,7,11,14H,3-4,6,8-10H2,1H3;2*1H. The number of carbonyl (C=O) groups excluding carboxylic acids is 1. The van der Waals surface area contributed by atoms with Crippen LogP contribution in [-0.2, 0) is 4.79 Å². The minimum absolute atomic E-state index is 0. The Morgan fingerprint density at radius 2 is 2.20 bits per heavy atom. The number of carbonyl (C=O) groups is 1. The molecule has 7 heteroatoms. The summed E-state index contributed by atoms with van der Waals surface area (Å²) in [5.41, 5.74) is 0.347. The van der Waals surface area contributed by atoms with E-state index in [0.29, 0.717) is 5.41 Å². The van der Waals surface area contributed by atoms with Crippen molar-refractivity contribution in [3.8, 4) is 0 Å². The monoisotopic (exact) mass is 320 g/mol. The number of amides is 1. The van der Waals surface area contributed by atoms with E-state index in [2.05, 4.69) is 10.4 Å². The maximum absolute atomic E-state index is 12.4. The van der Waals surface area contributed by atoms with Crippen LogP contribution in [0.4, 0.5) is 0 Å². The molecule has 114 valence electrons. The summed E-state index contributed by atoms with van der Waals surface area (Å²) in [6, 6.07) is 1.67. The second kappa shape index (κ2) is 6.78. The highest BCUT2D eigenvalue weighted by molar-refractivity contribution is 5.85. The molecule has 0 aliphatic carbocycles. The first kappa shape index (κ1) is 17.3. The van der Waals surface area contributed by atoms with Crippen molar-refractivity contribution in [3.63, 3.8) is 0 Å². The van der Waals surface area contributed by atoms with Crippen molar-refractivity contribution in [3.05, 3.63) is 18.5 Å². The molecule has 3 heterocycles. The van der Waals surface area contributed by atoms with Crippen LogP contribution in [0.5, 0.6) is 0 Å². The number of nitrogens with zero attached hydrogens (tertiary/aromatic N) is 3. The third-order valence-electron chi connectivity index (χ3n) is 4.36. The van der Waals surface area contributed by atoms with E-state index in [1.54, 1.807) is 10.9 Å². The summed E-state index contributed by atoms with van der Waals surface area (Å²) in [5.74, 6) is 0.197. The molecule has 1 aromatic heterocycles. The van der Waals surface area contributed by atoms with Gasteiger partial charge in [0.25, 0.3) is 0 Å². The molecule has 1 spiro atoms. The van der Waals surface area contributed by atoms with Crippen molar-refractivity contribution in [2.24, 2.45) is 5.41 Å². The first-order chi connectivity index (χ1) is 8.70. The molecule has 1 amide bonds. The number of nitrogens with one attached hydrogen (secondary N) is 1. The normalized spacial score (nSPS) is 26.1. The van der Waals surface area contributed by atoms with Crippen LogP contribution < -0.4 is 5.32 Å². The van der Waals surface area contributed by atoms with E-state index in [0.717, 1.165) is 32.6 Å². The first-order valence-corrected chi connectivity index (χ1v) is 6.69. The van der Waals surface area contributed by atoms with E-state index in [9.17, 15) is 4.79 Å². The van der Waals surface area contributed by atoms with Crippen LogP contribution in [0.25, 0.3) is 0 Å². The number of likely N-dealkylation sites (tertiary alicyclic amines) is 1. The molecule has 0 radical (unpaired) electrons. The van der Waals surface area contributed by atoms with Gasteiger partial charge in [0.1, 0.15) is 6.04 Å².